The third kappa shape index (κ3) is 4.72. The van der Waals surface area contributed by atoms with Gasteiger partial charge in [0.25, 0.3) is 5.91 Å². The lowest BCUT2D eigenvalue weighted by atomic mass is 10.2. The number of aromatic nitrogens is 2. The zero-order valence-electron chi connectivity index (χ0n) is 14.1. The number of carbonyl (C=O) groups excluding carboxylic acids is 1. The van der Waals surface area contributed by atoms with E-state index in [9.17, 15) is 4.79 Å². The second-order valence-corrected chi connectivity index (χ2v) is 6.68. The number of carbonyl (C=O) groups is 1. The Labute approximate surface area is 152 Å². The van der Waals surface area contributed by atoms with E-state index in [1.807, 2.05) is 38.4 Å². The molecule has 0 spiro atoms. The van der Waals surface area contributed by atoms with Crippen molar-refractivity contribution in [1.82, 2.24) is 20.0 Å². The summed E-state index contributed by atoms with van der Waals surface area (Å²) in [6.45, 7) is 3.72. The predicted octanol–water partition coefficient (Wildman–Crippen LogP) is 3.23. The molecule has 1 aromatic carbocycles. The van der Waals surface area contributed by atoms with Crippen molar-refractivity contribution in [3.05, 3.63) is 51.3 Å². The molecule has 0 radical (unpaired) electrons. The zero-order chi connectivity index (χ0) is 17.7. The van der Waals surface area contributed by atoms with Crippen molar-refractivity contribution in [1.29, 1.82) is 0 Å². The van der Waals surface area contributed by atoms with Crippen molar-refractivity contribution in [3.63, 3.8) is 0 Å². The van der Waals surface area contributed by atoms with Crippen molar-refractivity contribution in [3.8, 4) is 0 Å². The molecule has 0 atom stereocenters. The first-order chi connectivity index (χ1) is 11.4. The molecule has 0 fully saturated rings. The summed E-state index contributed by atoms with van der Waals surface area (Å²) in [5, 5.41) is 8.26. The Morgan fingerprint density at radius 3 is 2.67 bits per heavy atom. The van der Waals surface area contributed by atoms with E-state index in [1.54, 1.807) is 11.6 Å². The minimum atomic E-state index is -0.193. The van der Waals surface area contributed by atoms with Crippen LogP contribution in [-0.4, -0.2) is 47.8 Å². The van der Waals surface area contributed by atoms with E-state index in [2.05, 4.69) is 15.3 Å². The fourth-order valence-electron chi connectivity index (χ4n) is 2.39. The lowest BCUT2D eigenvalue weighted by molar-refractivity contribution is 0.0952. The maximum absolute atomic E-state index is 12.4. The average Bonchev–Trinajstić information content (AvgIpc) is 2.80. The first kappa shape index (κ1) is 18.8. The van der Waals surface area contributed by atoms with E-state index >= 15 is 0 Å². The van der Waals surface area contributed by atoms with E-state index in [0.717, 1.165) is 18.5 Å². The smallest absolute Gasteiger partial charge is 0.256 e. The summed E-state index contributed by atoms with van der Waals surface area (Å²) in [6, 6.07) is 7.51. The van der Waals surface area contributed by atoms with Crippen LogP contribution in [0.1, 0.15) is 28.0 Å². The first-order valence-corrected chi connectivity index (χ1v) is 8.55. The molecule has 1 N–H and O–H groups in total. The van der Waals surface area contributed by atoms with Gasteiger partial charge in [0.15, 0.2) is 0 Å². The van der Waals surface area contributed by atoms with Gasteiger partial charge in [-0.15, -0.1) is 0 Å². The maximum atomic E-state index is 12.4. The van der Waals surface area contributed by atoms with Gasteiger partial charge in [-0.25, -0.2) is 4.68 Å². The lowest BCUT2D eigenvalue weighted by Gasteiger charge is -2.10. The van der Waals surface area contributed by atoms with E-state index in [-0.39, 0.29) is 5.91 Å². The quantitative estimate of drug-likeness (QED) is 0.763. The molecule has 1 aromatic heterocycles. The number of nitrogens with one attached hydrogen (secondary N) is 1. The summed E-state index contributed by atoms with van der Waals surface area (Å²) >= 11 is 12.6. The molecule has 0 aliphatic rings. The fourth-order valence-corrected chi connectivity index (χ4v) is 2.91. The van der Waals surface area contributed by atoms with Gasteiger partial charge in [0.1, 0.15) is 5.15 Å². The van der Waals surface area contributed by atoms with Crippen LogP contribution in [0.3, 0.4) is 0 Å². The van der Waals surface area contributed by atoms with Gasteiger partial charge in [0.2, 0.25) is 0 Å². The summed E-state index contributed by atoms with van der Waals surface area (Å²) in [5.41, 5.74) is 1.94. The van der Waals surface area contributed by atoms with Crippen molar-refractivity contribution in [2.75, 3.05) is 27.2 Å². The second-order valence-electron chi connectivity index (χ2n) is 5.91. The number of halogens is 2. The number of hydrogen-bond acceptors (Lipinski definition) is 3. The Balaban J connectivity index is 2.08. The molecular formula is C17H22Cl2N4O. The third-order valence-corrected chi connectivity index (χ3v) is 4.39. The number of amides is 1. The molecule has 130 valence electrons. The van der Waals surface area contributed by atoms with Crippen LogP contribution >= 0.6 is 23.2 Å². The van der Waals surface area contributed by atoms with E-state index in [1.165, 1.54) is 0 Å². The molecule has 1 amide bonds. The highest BCUT2D eigenvalue weighted by Gasteiger charge is 2.20. The normalized spacial score (nSPS) is 11.1. The van der Waals surface area contributed by atoms with E-state index in [4.69, 9.17) is 23.2 Å². The third-order valence-electron chi connectivity index (χ3n) is 3.64. The first-order valence-electron chi connectivity index (χ1n) is 7.79. The van der Waals surface area contributed by atoms with Gasteiger partial charge in [-0.3, -0.25) is 4.79 Å². The molecule has 24 heavy (non-hydrogen) atoms. The monoisotopic (exact) mass is 368 g/mol. The van der Waals surface area contributed by atoms with Crippen LogP contribution in [0.5, 0.6) is 0 Å². The number of nitrogens with zero attached hydrogens (tertiary/aromatic N) is 3. The minimum Gasteiger partial charge on any atom is -0.352 e. The van der Waals surface area contributed by atoms with Gasteiger partial charge in [0, 0.05) is 11.6 Å². The highest BCUT2D eigenvalue weighted by atomic mass is 35.5. The molecule has 0 saturated carbocycles. The topological polar surface area (TPSA) is 50.2 Å². The van der Waals surface area contributed by atoms with Crippen LogP contribution in [-0.2, 0) is 6.54 Å². The number of rotatable bonds is 7. The molecular weight excluding hydrogens is 347 g/mol. The Kier molecular flexibility index (Phi) is 6.66. The molecule has 0 bridgehead atoms. The zero-order valence-corrected chi connectivity index (χ0v) is 15.7. The Morgan fingerprint density at radius 1 is 1.29 bits per heavy atom. The highest BCUT2D eigenvalue weighted by molar-refractivity contribution is 6.33. The van der Waals surface area contributed by atoms with Gasteiger partial charge < -0.3 is 10.2 Å². The van der Waals surface area contributed by atoms with Gasteiger partial charge in [0.05, 0.1) is 17.8 Å². The van der Waals surface area contributed by atoms with Crippen molar-refractivity contribution >= 4 is 29.1 Å². The summed E-state index contributed by atoms with van der Waals surface area (Å²) < 4.78 is 1.60. The number of hydrogen-bond donors (Lipinski definition) is 1. The largest absolute Gasteiger partial charge is 0.352 e. The number of aryl methyl sites for hydroxylation is 1. The summed E-state index contributed by atoms with van der Waals surface area (Å²) in [7, 11) is 4.00. The van der Waals surface area contributed by atoms with Gasteiger partial charge in [-0.2, -0.15) is 5.10 Å². The van der Waals surface area contributed by atoms with Crippen LogP contribution in [0.2, 0.25) is 10.2 Å². The van der Waals surface area contributed by atoms with Crippen LogP contribution in [0.15, 0.2) is 24.3 Å². The van der Waals surface area contributed by atoms with Crippen LogP contribution in [0.4, 0.5) is 0 Å². The number of benzene rings is 1. The van der Waals surface area contributed by atoms with Gasteiger partial charge in [-0.05, 0) is 45.6 Å². The molecule has 2 aromatic rings. The maximum Gasteiger partial charge on any atom is 0.256 e. The predicted molar refractivity (Wildman–Crippen MR) is 98.0 cm³/mol. The van der Waals surface area contributed by atoms with Crippen LogP contribution < -0.4 is 5.32 Å². The highest BCUT2D eigenvalue weighted by Crippen LogP contribution is 2.23. The molecule has 0 aliphatic heterocycles. The molecule has 5 nitrogen and oxygen atoms in total. The summed E-state index contributed by atoms with van der Waals surface area (Å²) in [5.74, 6) is -0.193. The molecule has 0 unspecified atom stereocenters. The van der Waals surface area contributed by atoms with Gasteiger partial charge in [-0.1, -0.05) is 41.4 Å². The minimum absolute atomic E-state index is 0.193. The molecule has 7 heteroatoms. The molecule has 1 heterocycles. The van der Waals surface area contributed by atoms with E-state index < -0.39 is 0 Å². The lowest BCUT2D eigenvalue weighted by Crippen LogP contribution is -2.27. The molecule has 0 aliphatic carbocycles. The van der Waals surface area contributed by atoms with Crippen molar-refractivity contribution in [2.24, 2.45) is 0 Å². The summed E-state index contributed by atoms with van der Waals surface area (Å²) in [4.78, 5) is 14.5. The Morgan fingerprint density at radius 2 is 2.00 bits per heavy atom. The standard InChI is InChI=1S/C17H22Cl2N4O/c1-12-15(17(24)20-9-6-10-22(2)3)16(19)23(21-12)11-13-7-4-5-8-14(13)18/h4-5,7-8H,6,9-11H2,1-3H3,(H,20,24). The SMILES string of the molecule is Cc1nn(Cc2ccccc2Cl)c(Cl)c1C(=O)NCCCN(C)C. The Hall–Kier alpha value is -1.56. The average molecular weight is 369 g/mol. The van der Waals surface area contributed by atoms with Crippen molar-refractivity contribution < 1.29 is 4.79 Å². The second kappa shape index (κ2) is 8.51. The Bertz CT molecular complexity index is 713. The fraction of sp³-hybridized carbons (Fsp3) is 0.412. The summed E-state index contributed by atoms with van der Waals surface area (Å²) in [6.07, 6.45) is 0.878. The molecule has 0 saturated heterocycles. The van der Waals surface area contributed by atoms with Gasteiger partial charge >= 0.3 is 0 Å². The van der Waals surface area contributed by atoms with Crippen molar-refractivity contribution in [2.45, 2.75) is 19.9 Å². The van der Waals surface area contributed by atoms with E-state index in [0.29, 0.717) is 34.5 Å². The van der Waals surface area contributed by atoms with Crippen LogP contribution in [0, 0.1) is 6.92 Å². The van der Waals surface area contributed by atoms with Crippen LogP contribution in [0.25, 0.3) is 0 Å². The molecule has 2 rings (SSSR count).